The van der Waals surface area contributed by atoms with E-state index in [9.17, 15) is 4.79 Å². The third-order valence-electron chi connectivity index (χ3n) is 2.34. The molecule has 0 fully saturated rings. The van der Waals surface area contributed by atoms with Crippen LogP contribution in [0.4, 0.5) is 0 Å². The molecule has 2 N–H and O–H groups in total. The highest BCUT2D eigenvalue weighted by molar-refractivity contribution is 5.75. The SMILES string of the molecule is COCCCC(N)C(=O)OCCCC(C)C. The number of carbonyl (C=O) groups excluding carboxylic acids is 1. The van der Waals surface area contributed by atoms with Gasteiger partial charge in [-0.25, -0.2) is 0 Å². The van der Waals surface area contributed by atoms with Gasteiger partial charge in [0.25, 0.3) is 0 Å². The molecule has 0 heterocycles. The van der Waals surface area contributed by atoms with Crippen LogP contribution >= 0.6 is 0 Å². The molecule has 0 amide bonds. The fourth-order valence-corrected chi connectivity index (χ4v) is 1.34. The summed E-state index contributed by atoms with van der Waals surface area (Å²) in [7, 11) is 1.63. The lowest BCUT2D eigenvalue weighted by atomic mass is 10.1. The minimum absolute atomic E-state index is 0.292. The first-order valence-corrected chi connectivity index (χ1v) is 5.99. The highest BCUT2D eigenvalue weighted by Gasteiger charge is 2.14. The number of rotatable bonds is 9. The molecule has 1 unspecified atom stereocenters. The summed E-state index contributed by atoms with van der Waals surface area (Å²) in [6.45, 7) is 5.42. The third-order valence-corrected chi connectivity index (χ3v) is 2.34. The summed E-state index contributed by atoms with van der Waals surface area (Å²) in [4.78, 5) is 11.4. The molecule has 0 aromatic rings. The molecule has 96 valence electrons. The van der Waals surface area contributed by atoms with Crippen LogP contribution < -0.4 is 5.73 Å². The van der Waals surface area contributed by atoms with E-state index in [1.165, 1.54) is 0 Å². The molecule has 0 spiro atoms. The molecule has 0 aromatic carbocycles. The van der Waals surface area contributed by atoms with Crippen molar-refractivity contribution in [2.45, 2.75) is 45.6 Å². The Hall–Kier alpha value is -0.610. The Morgan fingerprint density at radius 1 is 1.19 bits per heavy atom. The van der Waals surface area contributed by atoms with Gasteiger partial charge in [0.2, 0.25) is 0 Å². The van der Waals surface area contributed by atoms with Gasteiger partial charge in [-0.05, 0) is 31.6 Å². The molecule has 16 heavy (non-hydrogen) atoms. The van der Waals surface area contributed by atoms with Gasteiger partial charge < -0.3 is 15.2 Å². The summed E-state index contributed by atoms with van der Waals surface area (Å²) in [5.41, 5.74) is 5.67. The minimum Gasteiger partial charge on any atom is -0.465 e. The number of nitrogens with two attached hydrogens (primary N) is 1. The van der Waals surface area contributed by atoms with Crippen LogP contribution in [0.1, 0.15) is 39.5 Å². The Morgan fingerprint density at radius 3 is 2.38 bits per heavy atom. The van der Waals surface area contributed by atoms with Crippen molar-refractivity contribution in [1.82, 2.24) is 0 Å². The summed E-state index contributed by atoms with van der Waals surface area (Å²) in [5, 5.41) is 0. The van der Waals surface area contributed by atoms with Crippen molar-refractivity contribution < 1.29 is 14.3 Å². The van der Waals surface area contributed by atoms with Crippen LogP contribution in [0.15, 0.2) is 0 Å². The average molecular weight is 231 g/mol. The largest absolute Gasteiger partial charge is 0.465 e. The standard InChI is InChI=1S/C12H25NO3/c1-10(2)6-4-9-16-12(14)11(13)7-5-8-15-3/h10-11H,4-9,13H2,1-3H3. The zero-order valence-corrected chi connectivity index (χ0v) is 10.7. The second-order valence-electron chi connectivity index (χ2n) is 4.45. The summed E-state index contributed by atoms with van der Waals surface area (Å²) >= 11 is 0. The summed E-state index contributed by atoms with van der Waals surface area (Å²) in [5.74, 6) is 0.355. The van der Waals surface area contributed by atoms with Crippen LogP contribution in [0, 0.1) is 5.92 Å². The maximum absolute atomic E-state index is 11.4. The minimum atomic E-state index is -0.505. The Kier molecular flexibility index (Phi) is 9.24. The predicted molar refractivity (Wildman–Crippen MR) is 64.1 cm³/mol. The van der Waals surface area contributed by atoms with E-state index in [4.69, 9.17) is 15.2 Å². The van der Waals surface area contributed by atoms with Crippen molar-refractivity contribution in [3.8, 4) is 0 Å². The maximum atomic E-state index is 11.4. The Morgan fingerprint density at radius 2 is 1.81 bits per heavy atom. The first-order chi connectivity index (χ1) is 7.57. The summed E-state index contributed by atoms with van der Waals surface area (Å²) in [6.07, 6.45) is 3.40. The first kappa shape index (κ1) is 15.4. The highest BCUT2D eigenvalue weighted by atomic mass is 16.5. The summed E-state index contributed by atoms with van der Waals surface area (Å²) in [6, 6.07) is -0.505. The van der Waals surface area contributed by atoms with E-state index in [1.807, 2.05) is 0 Å². The molecule has 0 bridgehead atoms. The normalized spacial score (nSPS) is 12.8. The van der Waals surface area contributed by atoms with Gasteiger partial charge >= 0.3 is 5.97 Å². The van der Waals surface area contributed by atoms with Gasteiger partial charge in [0.05, 0.1) is 6.61 Å². The topological polar surface area (TPSA) is 61.5 Å². The number of hydrogen-bond donors (Lipinski definition) is 1. The van der Waals surface area contributed by atoms with Crippen molar-refractivity contribution in [1.29, 1.82) is 0 Å². The van der Waals surface area contributed by atoms with Crippen molar-refractivity contribution >= 4 is 5.97 Å². The molecule has 0 saturated carbocycles. The average Bonchev–Trinajstić information content (AvgIpc) is 2.24. The van der Waals surface area contributed by atoms with Crippen LogP contribution in [0.3, 0.4) is 0 Å². The summed E-state index contributed by atoms with van der Waals surface area (Å²) < 4.78 is 9.97. The molecule has 0 aliphatic heterocycles. The van der Waals surface area contributed by atoms with Crippen molar-refractivity contribution in [2.75, 3.05) is 20.3 Å². The number of ether oxygens (including phenoxy) is 2. The smallest absolute Gasteiger partial charge is 0.322 e. The van der Waals surface area contributed by atoms with Gasteiger partial charge in [-0.1, -0.05) is 13.8 Å². The van der Waals surface area contributed by atoms with E-state index in [1.54, 1.807) is 7.11 Å². The van der Waals surface area contributed by atoms with Crippen LogP contribution in [0.25, 0.3) is 0 Å². The Bertz CT molecular complexity index is 183. The zero-order valence-electron chi connectivity index (χ0n) is 10.7. The second kappa shape index (κ2) is 9.60. The van der Waals surface area contributed by atoms with E-state index in [0.29, 0.717) is 25.6 Å². The van der Waals surface area contributed by atoms with E-state index in [0.717, 1.165) is 19.3 Å². The first-order valence-electron chi connectivity index (χ1n) is 5.99. The highest BCUT2D eigenvalue weighted by Crippen LogP contribution is 2.04. The van der Waals surface area contributed by atoms with Gasteiger partial charge in [-0.15, -0.1) is 0 Å². The van der Waals surface area contributed by atoms with Gasteiger partial charge in [-0.2, -0.15) is 0 Å². The van der Waals surface area contributed by atoms with Crippen molar-refractivity contribution in [3.63, 3.8) is 0 Å². The zero-order chi connectivity index (χ0) is 12.4. The molecule has 0 aliphatic carbocycles. The molecular formula is C12H25NO3. The van der Waals surface area contributed by atoms with Crippen LogP contribution in [0.5, 0.6) is 0 Å². The second-order valence-corrected chi connectivity index (χ2v) is 4.45. The Balaban J connectivity index is 3.47. The number of hydrogen-bond acceptors (Lipinski definition) is 4. The monoisotopic (exact) mass is 231 g/mol. The lowest BCUT2D eigenvalue weighted by molar-refractivity contribution is -0.145. The molecular weight excluding hydrogens is 206 g/mol. The van der Waals surface area contributed by atoms with Gasteiger partial charge in [0, 0.05) is 13.7 Å². The van der Waals surface area contributed by atoms with E-state index in [2.05, 4.69) is 13.8 Å². The van der Waals surface area contributed by atoms with E-state index < -0.39 is 6.04 Å². The third kappa shape index (κ3) is 8.68. The Labute approximate surface area is 98.5 Å². The van der Waals surface area contributed by atoms with Crippen molar-refractivity contribution in [3.05, 3.63) is 0 Å². The molecule has 0 rings (SSSR count). The van der Waals surface area contributed by atoms with E-state index in [-0.39, 0.29) is 5.97 Å². The molecule has 1 atom stereocenters. The number of methoxy groups -OCH3 is 1. The molecule has 0 radical (unpaired) electrons. The number of carbonyl (C=O) groups is 1. The molecule has 0 aliphatic rings. The van der Waals surface area contributed by atoms with Gasteiger partial charge in [0.1, 0.15) is 6.04 Å². The lowest BCUT2D eigenvalue weighted by Crippen LogP contribution is -2.32. The van der Waals surface area contributed by atoms with Crippen LogP contribution in [0.2, 0.25) is 0 Å². The van der Waals surface area contributed by atoms with Crippen LogP contribution in [-0.2, 0) is 14.3 Å². The predicted octanol–water partition coefficient (Wildman–Crippen LogP) is 1.72. The maximum Gasteiger partial charge on any atom is 0.322 e. The molecule has 4 nitrogen and oxygen atoms in total. The van der Waals surface area contributed by atoms with Crippen molar-refractivity contribution in [2.24, 2.45) is 11.7 Å². The molecule has 4 heteroatoms. The fraction of sp³-hybridized carbons (Fsp3) is 0.917. The molecule has 0 saturated heterocycles. The fourth-order valence-electron chi connectivity index (χ4n) is 1.34. The number of esters is 1. The van der Waals surface area contributed by atoms with Gasteiger partial charge in [0.15, 0.2) is 0 Å². The van der Waals surface area contributed by atoms with E-state index >= 15 is 0 Å². The quantitative estimate of drug-likeness (QED) is 0.485. The lowest BCUT2D eigenvalue weighted by Gasteiger charge is -2.11. The van der Waals surface area contributed by atoms with Gasteiger partial charge in [-0.3, -0.25) is 4.79 Å². The van der Waals surface area contributed by atoms with Crippen LogP contribution in [-0.4, -0.2) is 32.3 Å². The molecule has 0 aromatic heterocycles.